The zero-order chi connectivity index (χ0) is 12.1. The predicted molar refractivity (Wildman–Crippen MR) is 62.3 cm³/mol. The smallest absolute Gasteiger partial charge is 0.165 e. The van der Waals surface area contributed by atoms with E-state index in [9.17, 15) is 4.39 Å². The number of nitrogens with zero attached hydrogens (tertiary/aromatic N) is 2. The molecule has 88 valence electrons. The van der Waals surface area contributed by atoms with Crippen molar-refractivity contribution in [3.8, 4) is 5.75 Å². The highest BCUT2D eigenvalue weighted by molar-refractivity contribution is 5.48. The fourth-order valence-corrected chi connectivity index (χ4v) is 1.38. The predicted octanol–water partition coefficient (Wildman–Crippen LogP) is 2.24. The van der Waals surface area contributed by atoms with E-state index in [-0.39, 0.29) is 11.6 Å². The second-order valence-corrected chi connectivity index (χ2v) is 3.40. The third-order valence-corrected chi connectivity index (χ3v) is 2.24. The Labute approximate surface area is 98.5 Å². The van der Waals surface area contributed by atoms with Gasteiger partial charge in [0.15, 0.2) is 11.6 Å². The van der Waals surface area contributed by atoms with E-state index in [0.29, 0.717) is 6.54 Å². The summed E-state index contributed by atoms with van der Waals surface area (Å²) in [5.74, 6) is -0.160. The molecule has 0 amide bonds. The molecule has 1 aromatic heterocycles. The summed E-state index contributed by atoms with van der Waals surface area (Å²) < 4.78 is 18.1. The Bertz CT molecular complexity index is 490. The Morgan fingerprint density at radius 1 is 1.35 bits per heavy atom. The van der Waals surface area contributed by atoms with Gasteiger partial charge in [-0.2, -0.15) is 0 Å². The number of rotatable bonds is 4. The van der Waals surface area contributed by atoms with Crippen molar-refractivity contribution in [1.29, 1.82) is 0 Å². The summed E-state index contributed by atoms with van der Waals surface area (Å²) in [4.78, 5) is 8.08. The summed E-state index contributed by atoms with van der Waals surface area (Å²) in [5, 5.41) is 3.11. The molecule has 0 aliphatic rings. The van der Waals surface area contributed by atoms with Crippen molar-refractivity contribution in [3.05, 3.63) is 48.3 Å². The third-order valence-electron chi connectivity index (χ3n) is 2.24. The molecule has 0 fully saturated rings. The summed E-state index contributed by atoms with van der Waals surface area (Å²) in [6, 6.07) is 4.61. The largest absolute Gasteiger partial charge is 0.494 e. The van der Waals surface area contributed by atoms with Crippen LogP contribution in [0.25, 0.3) is 0 Å². The van der Waals surface area contributed by atoms with Crippen LogP contribution in [0.3, 0.4) is 0 Å². The van der Waals surface area contributed by atoms with Gasteiger partial charge < -0.3 is 10.1 Å². The van der Waals surface area contributed by atoms with E-state index < -0.39 is 0 Å². The van der Waals surface area contributed by atoms with Gasteiger partial charge in [-0.3, -0.25) is 9.97 Å². The minimum Gasteiger partial charge on any atom is -0.494 e. The van der Waals surface area contributed by atoms with Gasteiger partial charge >= 0.3 is 0 Å². The summed E-state index contributed by atoms with van der Waals surface area (Å²) in [7, 11) is 1.44. The lowest BCUT2D eigenvalue weighted by molar-refractivity contribution is 0.387. The average Bonchev–Trinajstić information content (AvgIpc) is 2.39. The average molecular weight is 233 g/mol. The molecule has 4 nitrogen and oxygen atoms in total. The van der Waals surface area contributed by atoms with E-state index in [4.69, 9.17) is 4.74 Å². The Morgan fingerprint density at radius 3 is 2.94 bits per heavy atom. The Morgan fingerprint density at radius 2 is 2.24 bits per heavy atom. The molecule has 17 heavy (non-hydrogen) atoms. The molecule has 0 unspecified atom stereocenters. The van der Waals surface area contributed by atoms with Gasteiger partial charge in [0.25, 0.3) is 0 Å². The van der Waals surface area contributed by atoms with Gasteiger partial charge in [0, 0.05) is 24.1 Å². The fraction of sp³-hybridized carbons (Fsp3) is 0.167. The molecule has 2 rings (SSSR count). The van der Waals surface area contributed by atoms with Crippen LogP contribution in [0.1, 0.15) is 5.69 Å². The molecule has 1 aromatic carbocycles. The molecule has 0 aliphatic heterocycles. The summed E-state index contributed by atoms with van der Waals surface area (Å²) >= 11 is 0. The highest BCUT2D eigenvalue weighted by Gasteiger charge is 2.03. The summed E-state index contributed by atoms with van der Waals surface area (Å²) in [6.45, 7) is 0.530. The highest BCUT2D eigenvalue weighted by atomic mass is 19.1. The van der Waals surface area contributed by atoms with Crippen molar-refractivity contribution in [1.82, 2.24) is 9.97 Å². The minimum atomic E-state index is -0.377. The number of anilines is 1. The van der Waals surface area contributed by atoms with Crippen molar-refractivity contribution in [2.45, 2.75) is 6.54 Å². The standard InChI is InChI=1S/C12H12FN3O/c1-17-12-6-9(2-3-11(12)13)16-8-10-7-14-4-5-15-10/h2-7,16H,8H2,1H3. The molecule has 0 saturated carbocycles. The van der Waals surface area contributed by atoms with Crippen LogP contribution >= 0.6 is 0 Å². The first-order chi connectivity index (χ1) is 8.29. The molecule has 1 N–H and O–H groups in total. The van der Waals surface area contributed by atoms with Crippen molar-refractivity contribution in [2.24, 2.45) is 0 Å². The maximum absolute atomic E-state index is 13.2. The maximum atomic E-state index is 13.2. The molecule has 1 heterocycles. The van der Waals surface area contributed by atoms with Crippen LogP contribution in [-0.2, 0) is 6.54 Å². The number of nitrogens with one attached hydrogen (secondary N) is 1. The molecular weight excluding hydrogens is 221 g/mol. The SMILES string of the molecule is COc1cc(NCc2cnccn2)ccc1F. The lowest BCUT2D eigenvalue weighted by atomic mass is 10.3. The number of ether oxygens (including phenoxy) is 1. The molecule has 0 bridgehead atoms. The van der Waals surface area contributed by atoms with Crippen LogP contribution < -0.4 is 10.1 Å². The van der Waals surface area contributed by atoms with E-state index in [2.05, 4.69) is 15.3 Å². The zero-order valence-corrected chi connectivity index (χ0v) is 9.35. The second kappa shape index (κ2) is 5.25. The molecule has 2 aromatic rings. The van der Waals surface area contributed by atoms with Gasteiger partial charge in [-0.1, -0.05) is 0 Å². The van der Waals surface area contributed by atoms with Crippen molar-refractivity contribution in [2.75, 3.05) is 12.4 Å². The first-order valence-corrected chi connectivity index (χ1v) is 5.12. The van der Waals surface area contributed by atoms with E-state index in [1.54, 1.807) is 30.7 Å². The molecule has 0 saturated heterocycles. The van der Waals surface area contributed by atoms with Crippen molar-refractivity contribution >= 4 is 5.69 Å². The summed E-state index contributed by atoms with van der Waals surface area (Å²) in [5.41, 5.74) is 1.59. The van der Waals surface area contributed by atoms with Gasteiger partial charge in [0.05, 0.1) is 25.5 Å². The molecule has 0 atom stereocenters. The van der Waals surface area contributed by atoms with Crippen molar-refractivity contribution in [3.63, 3.8) is 0 Å². The Kier molecular flexibility index (Phi) is 3.49. The monoisotopic (exact) mass is 233 g/mol. The van der Waals surface area contributed by atoms with Gasteiger partial charge in [-0.15, -0.1) is 0 Å². The summed E-state index contributed by atoms with van der Waals surface area (Å²) in [6.07, 6.45) is 4.92. The first kappa shape index (κ1) is 11.3. The van der Waals surface area contributed by atoms with Crippen LogP contribution in [0.2, 0.25) is 0 Å². The first-order valence-electron chi connectivity index (χ1n) is 5.12. The Hall–Kier alpha value is -2.17. The van der Waals surface area contributed by atoms with E-state index in [1.165, 1.54) is 13.2 Å². The lowest BCUT2D eigenvalue weighted by Crippen LogP contribution is -2.02. The number of hydrogen-bond donors (Lipinski definition) is 1. The maximum Gasteiger partial charge on any atom is 0.165 e. The van der Waals surface area contributed by atoms with Crippen LogP contribution in [-0.4, -0.2) is 17.1 Å². The van der Waals surface area contributed by atoms with Crippen molar-refractivity contribution < 1.29 is 9.13 Å². The lowest BCUT2D eigenvalue weighted by Gasteiger charge is -2.08. The molecule has 0 spiro atoms. The molecular formula is C12H12FN3O. The van der Waals surface area contributed by atoms with Gasteiger partial charge in [0.2, 0.25) is 0 Å². The number of halogens is 1. The van der Waals surface area contributed by atoms with E-state index >= 15 is 0 Å². The number of hydrogen-bond acceptors (Lipinski definition) is 4. The van der Waals surface area contributed by atoms with Gasteiger partial charge in [0.1, 0.15) is 0 Å². The molecule has 0 radical (unpaired) electrons. The van der Waals surface area contributed by atoms with Crippen LogP contribution in [0.5, 0.6) is 5.75 Å². The van der Waals surface area contributed by atoms with Crippen LogP contribution in [0.4, 0.5) is 10.1 Å². The minimum absolute atomic E-state index is 0.217. The Balaban J connectivity index is 2.04. The highest BCUT2D eigenvalue weighted by Crippen LogP contribution is 2.21. The zero-order valence-electron chi connectivity index (χ0n) is 9.35. The topological polar surface area (TPSA) is 47.0 Å². The number of aromatic nitrogens is 2. The van der Waals surface area contributed by atoms with Crippen LogP contribution in [0.15, 0.2) is 36.8 Å². The molecule has 5 heteroatoms. The molecule has 0 aliphatic carbocycles. The second-order valence-electron chi connectivity index (χ2n) is 3.40. The normalized spacial score (nSPS) is 10.0. The van der Waals surface area contributed by atoms with E-state index in [1.807, 2.05) is 0 Å². The van der Waals surface area contributed by atoms with E-state index in [0.717, 1.165) is 11.4 Å². The third kappa shape index (κ3) is 2.90. The van der Waals surface area contributed by atoms with Crippen LogP contribution in [0, 0.1) is 5.82 Å². The van der Waals surface area contributed by atoms with Gasteiger partial charge in [-0.25, -0.2) is 4.39 Å². The number of methoxy groups -OCH3 is 1. The van der Waals surface area contributed by atoms with Gasteiger partial charge in [-0.05, 0) is 12.1 Å². The number of benzene rings is 1. The quantitative estimate of drug-likeness (QED) is 0.879. The fourth-order valence-electron chi connectivity index (χ4n) is 1.38.